The first kappa shape index (κ1) is 18.2. The molecule has 27 heavy (non-hydrogen) atoms. The smallest absolute Gasteiger partial charge is 0.269 e. The predicted molar refractivity (Wildman–Crippen MR) is 107 cm³/mol. The maximum Gasteiger partial charge on any atom is 0.269 e. The van der Waals surface area contributed by atoms with Crippen LogP contribution in [-0.2, 0) is 0 Å². The maximum absolute atomic E-state index is 10.8. The van der Waals surface area contributed by atoms with Gasteiger partial charge >= 0.3 is 0 Å². The van der Waals surface area contributed by atoms with Gasteiger partial charge in [-0.1, -0.05) is 0 Å². The van der Waals surface area contributed by atoms with E-state index in [0.717, 1.165) is 11.3 Å². The van der Waals surface area contributed by atoms with E-state index in [2.05, 4.69) is 16.0 Å². The molecule has 3 aromatic rings. The minimum atomic E-state index is -0.446. The van der Waals surface area contributed by atoms with Crippen LogP contribution in [0.3, 0.4) is 0 Å². The first-order valence-electron chi connectivity index (χ1n) is 7.95. The fourth-order valence-corrected chi connectivity index (χ4v) is 3.11. The highest BCUT2D eigenvalue weighted by atomic mass is 32.1. The summed E-state index contributed by atoms with van der Waals surface area (Å²) in [6, 6.07) is 15.8. The van der Waals surface area contributed by atoms with Gasteiger partial charge < -0.3 is 4.90 Å². The Hall–Kier alpha value is -3.57. The van der Waals surface area contributed by atoms with Gasteiger partial charge in [0.2, 0.25) is 0 Å². The minimum Gasteiger partial charge on any atom is -0.378 e. The largest absolute Gasteiger partial charge is 0.378 e. The molecule has 0 radical (unpaired) electrons. The number of aromatic nitrogens is 1. The van der Waals surface area contributed by atoms with Gasteiger partial charge in [0.25, 0.3) is 5.69 Å². The van der Waals surface area contributed by atoms with Crippen LogP contribution in [0.25, 0.3) is 11.3 Å². The van der Waals surface area contributed by atoms with Crippen LogP contribution in [0.5, 0.6) is 0 Å². The van der Waals surface area contributed by atoms with Gasteiger partial charge in [-0.15, -0.1) is 11.3 Å². The Labute approximate surface area is 160 Å². The number of thiazole rings is 1. The molecule has 3 rings (SSSR count). The van der Waals surface area contributed by atoms with E-state index in [9.17, 15) is 15.4 Å². The lowest BCUT2D eigenvalue weighted by molar-refractivity contribution is -0.384. The molecule has 1 aromatic heterocycles. The third-order valence-corrected chi connectivity index (χ3v) is 4.64. The van der Waals surface area contributed by atoms with Gasteiger partial charge in [-0.3, -0.25) is 10.1 Å². The van der Waals surface area contributed by atoms with Crippen LogP contribution >= 0.6 is 11.3 Å². The molecule has 7 nitrogen and oxygen atoms in total. The van der Waals surface area contributed by atoms with E-state index in [1.165, 1.54) is 23.5 Å². The number of hydrogen-bond donors (Lipinski definition) is 0. The van der Waals surface area contributed by atoms with E-state index in [1.54, 1.807) is 17.5 Å². The van der Waals surface area contributed by atoms with Crippen molar-refractivity contribution in [2.75, 3.05) is 19.0 Å². The summed E-state index contributed by atoms with van der Waals surface area (Å²) in [4.78, 5) is 21.1. The van der Waals surface area contributed by atoms with Crippen LogP contribution < -0.4 is 4.90 Å². The van der Waals surface area contributed by atoms with Crippen LogP contribution in [0.4, 0.5) is 17.1 Å². The molecule has 0 fully saturated rings. The monoisotopic (exact) mass is 377 g/mol. The van der Waals surface area contributed by atoms with Crippen molar-refractivity contribution < 1.29 is 4.92 Å². The lowest BCUT2D eigenvalue weighted by atomic mass is 10.1. The Bertz CT molecular complexity index is 1030. The van der Waals surface area contributed by atoms with Crippen LogP contribution in [0.15, 0.2) is 58.9 Å². The van der Waals surface area contributed by atoms with Crippen LogP contribution in [0.1, 0.15) is 5.01 Å². The number of nitro benzene ring substituents is 1. The summed E-state index contributed by atoms with van der Waals surface area (Å²) >= 11 is 1.31. The predicted octanol–water partition coefficient (Wildman–Crippen LogP) is 4.43. The quantitative estimate of drug-likeness (QED) is 0.372. The number of nitro groups is 1. The van der Waals surface area contributed by atoms with Crippen molar-refractivity contribution >= 4 is 34.1 Å². The Balaban J connectivity index is 1.86. The van der Waals surface area contributed by atoms with E-state index in [-0.39, 0.29) is 11.4 Å². The fraction of sp³-hybridized carbons (Fsp3) is 0.105. The van der Waals surface area contributed by atoms with Crippen molar-refractivity contribution in [2.24, 2.45) is 4.99 Å². The topological polar surface area (TPSA) is 95.4 Å². The molecule has 0 atom stereocenters. The number of rotatable bonds is 5. The average molecular weight is 377 g/mol. The van der Waals surface area contributed by atoms with E-state index in [0.29, 0.717) is 16.4 Å². The molecule has 0 saturated heterocycles. The van der Waals surface area contributed by atoms with Crippen molar-refractivity contribution in [2.45, 2.75) is 0 Å². The van der Waals surface area contributed by atoms with Gasteiger partial charge in [0.15, 0.2) is 10.7 Å². The third-order valence-electron chi connectivity index (χ3n) is 3.79. The molecule has 0 saturated carbocycles. The zero-order chi connectivity index (χ0) is 19.4. The molecule has 0 aliphatic rings. The SMILES string of the molecule is CN(C)c1ccc(N=C(C#N)c2nc(-c3ccc([N+](=O)[O-])cc3)cs2)cc1. The number of hydrogen-bond acceptors (Lipinski definition) is 7. The molecule has 8 heteroatoms. The van der Waals surface area contributed by atoms with Gasteiger partial charge in [-0.05, 0) is 36.4 Å². The second kappa shape index (κ2) is 7.76. The lowest BCUT2D eigenvalue weighted by Gasteiger charge is -2.11. The molecule has 0 aliphatic heterocycles. The molecule has 0 unspecified atom stereocenters. The second-order valence-corrected chi connectivity index (χ2v) is 6.68. The highest BCUT2D eigenvalue weighted by molar-refractivity contribution is 7.12. The third kappa shape index (κ3) is 4.16. The number of aliphatic imine (C=N–C) groups is 1. The summed E-state index contributed by atoms with van der Waals surface area (Å²) in [5.41, 5.74) is 3.36. The molecule has 0 N–H and O–H groups in total. The average Bonchev–Trinajstić information content (AvgIpc) is 3.16. The molecular formula is C19H15N5O2S. The van der Waals surface area contributed by atoms with Crippen molar-refractivity contribution in [3.8, 4) is 17.3 Å². The molecule has 134 valence electrons. The first-order valence-corrected chi connectivity index (χ1v) is 8.83. The number of anilines is 1. The normalized spacial score (nSPS) is 11.1. The molecule has 1 heterocycles. The summed E-state index contributed by atoms with van der Waals surface area (Å²) in [5, 5.41) is 22.5. The van der Waals surface area contributed by atoms with Gasteiger partial charge in [0, 0.05) is 42.9 Å². The molecule has 0 amide bonds. The highest BCUT2D eigenvalue weighted by Crippen LogP contribution is 2.25. The summed E-state index contributed by atoms with van der Waals surface area (Å²) in [6.45, 7) is 0. The summed E-state index contributed by atoms with van der Waals surface area (Å²) in [7, 11) is 3.91. The second-order valence-electron chi connectivity index (χ2n) is 5.82. The Morgan fingerprint density at radius 3 is 2.41 bits per heavy atom. The molecule has 0 aliphatic carbocycles. The Morgan fingerprint density at radius 1 is 1.19 bits per heavy atom. The van der Waals surface area contributed by atoms with E-state index >= 15 is 0 Å². The zero-order valence-corrected chi connectivity index (χ0v) is 15.5. The number of nitrogens with zero attached hydrogens (tertiary/aromatic N) is 5. The van der Waals surface area contributed by atoms with Gasteiger partial charge in [-0.2, -0.15) is 5.26 Å². The fourth-order valence-electron chi connectivity index (χ4n) is 2.34. The van der Waals surface area contributed by atoms with Crippen LogP contribution in [0, 0.1) is 21.4 Å². The summed E-state index contributed by atoms with van der Waals surface area (Å²) in [5.74, 6) is 0. The van der Waals surface area contributed by atoms with E-state index in [1.807, 2.05) is 43.3 Å². The number of nitriles is 1. The van der Waals surface area contributed by atoms with Crippen molar-refractivity contribution in [3.63, 3.8) is 0 Å². The zero-order valence-electron chi connectivity index (χ0n) is 14.7. The Kier molecular flexibility index (Phi) is 5.24. The highest BCUT2D eigenvalue weighted by Gasteiger charge is 2.12. The van der Waals surface area contributed by atoms with E-state index < -0.39 is 4.92 Å². The summed E-state index contributed by atoms with van der Waals surface area (Å²) in [6.07, 6.45) is 0. The molecule has 2 aromatic carbocycles. The lowest BCUT2D eigenvalue weighted by Crippen LogP contribution is -2.07. The minimum absolute atomic E-state index is 0.0228. The molecule has 0 spiro atoms. The molecular weight excluding hydrogens is 362 g/mol. The maximum atomic E-state index is 10.8. The van der Waals surface area contributed by atoms with Gasteiger partial charge in [-0.25, -0.2) is 9.98 Å². The first-order chi connectivity index (χ1) is 13.0. The standard InChI is InChI=1S/C19H15N5O2S/c1-23(2)15-9-5-14(6-10-15)21-17(11-20)19-22-18(12-27-19)13-3-7-16(8-4-13)24(25)26/h3-10,12H,1-2H3. The van der Waals surface area contributed by atoms with Gasteiger partial charge in [0.05, 0.1) is 16.3 Å². The van der Waals surface area contributed by atoms with Crippen LogP contribution in [0.2, 0.25) is 0 Å². The summed E-state index contributed by atoms with van der Waals surface area (Å²) < 4.78 is 0. The Morgan fingerprint density at radius 2 is 1.85 bits per heavy atom. The van der Waals surface area contributed by atoms with Crippen molar-refractivity contribution in [1.29, 1.82) is 5.26 Å². The number of non-ortho nitro benzene ring substituents is 1. The van der Waals surface area contributed by atoms with Crippen molar-refractivity contribution in [3.05, 3.63) is 69.0 Å². The van der Waals surface area contributed by atoms with Gasteiger partial charge in [0.1, 0.15) is 6.07 Å². The van der Waals surface area contributed by atoms with E-state index in [4.69, 9.17) is 0 Å². The van der Waals surface area contributed by atoms with Crippen molar-refractivity contribution in [1.82, 2.24) is 4.98 Å². The molecule has 0 bridgehead atoms. The van der Waals surface area contributed by atoms with Crippen LogP contribution in [-0.4, -0.2) is 29.7 Å². The number of benzene rings is 2.